The van der Waals surface area contributed by atoms with E-state index in [0.717, 1.165) is 50.6 Å². The summed E-state index contributed by atoms with van der Waals surface area (Å²) in [5, 5.41) is 5.02. The molecule has 57 heavy (non-hydrogen) atoms. The van der Waals surface area contributed by atoms with Gasteiger partial charge in [0.25, 0.3) is 0 Å². The highest BCUT2D eigenvalue weighted by Gasteiger charge is 2.29. The topological polar surface area (TPSA) is 45.8 Å². The zero-order valence-electron chi connectivity index (χ0n) is 31.1. The highest BCUT2D eigenvalue weighted by molar-refractivity contribution is 7.26. The number of hydrogen-bond acceptors (Lipinski definition) is 5. The average Bonchev–Trinajstić information content (AvgIpc) is 3.83. The van der Waals surface area contributed by atoms with Crippen LogP contribution in [0.15, 0.2) is 198 Å². The number of aromatic nitrogens is 2. The molecule has 0 aliphatic carbocycles. The van der Waals surface area contributed by atoms with Crippen LogP contribution in [0.4, 0.5) is 0 Å². The molecule has 0 bridgehead atoms. The lowest BCUT2D eigenvalue weighted by molar-refractivity contribution is 0.383. The molecule has 0 saturated carbocycles. The largest absolute Gasteiger partial charge is 0.333 e. The first-order valence-corrected chi connectivity index (χ1v) is 20.0. The summed E-state index contributed by atoms with van der Waals surface area (Å²) in [6.07, 6.45) is 1.72. The van der Waals surface area contributed by atoms with E-state index >= 15 is 0 Å². The van der Waals surface area contributed by atoms with Crippen LogP contribution >= 0.6 is 11.3 Å². The Balaban J connectivity index is 1.16. The van der Waals surface area contributed by atoms with E-state index in [1.807, 2.05) is 47.9 Å². The molecule has 3 aromatic heterocycles. The summed E-state index contributed by atoms with van der Waals surface area (Å²) < 4.78 is 4.91. The summed E-state index contributed by atoms with van der Waals surface area (Å²) in [5.41, 5.74) is 10.6. The van der Waals surface area contributed by atoms with Gasteiger partial charge in [-0.25, -0.2) is 9.98 Å². The molecule has 4 heterocycles. The predicted molar refractivity (Wildman–Crippen MR) is 239 cm³/mol. The number of amidine groups is 2. The molecule has 1 aliphatic heterocycles. The fourth-order valence-electron chi connectivity index (χ4n) is 8.41. The molecular weight excluding hydrogens is 715 g/mol. The molecule has 7 aromatic carbocycles. The third-order valence-corrected chi connectivity index (χ3v) is 12.2. The fraction of sp³-hybridized carbons (Fsp3) is 0.0392. The molecular formula is C51H35N5S. The molecule has 0 spiro atoms. The molecule has 0 radical (unpaired) electrons. The summed E-state index contributed by atoms with van der Waals surface area (Å²) in [6.45, 7) is 0. The molecule has 10 aromatic rings. The maximum absolute atomic E-state index is 5.36. The van der Waals surface area contributed by atoms with Gasteiger partial charge in [0, 0.05) is 72.1 Å². The first-order valence-electron chi connectivity index (χ1n) is 19.2. The van der Waals surface area contributed by atoms with Crippen molar-refractivity contribution in [3.05, 3.63) is 205 Å². The van der Waals surface area contributed by atoms with Crippen molar-refractivity contribution in [1.82, 2.24) is 14.5 Å². The van der Waals surface area contributed by atoms with Gasteiger partial charge in [-0.05, 0) is 59.7 Å². The number of thiophene rings is 1. The van der Waals surface area contributed by atoms with Gasteiger partial charge < -0.3 is 9.47 Å². The molecule has 0 saturated heterocycles. The molecule has 0 amide bonds. The minimum atomic E-state index is -0.277. The maximum Gasteiger partial charge on any atom is 0.159 e. The lowest BCUT2D eigenvalue weighted by atomic mass is 9.97. The van der Waals surface area contributed by atoms with Gasteiger partial charge in [0.05, 0.1) is 16.7 Å². The van der Waals surface area contributed by atoms with Gasteiger partial charge >= 0.3 is 0 Å². The molecule has 1 aliphatic rings. The number of nitrogens with zero attached hydrogens (tertiary/aromatic N) is 5. The minimum Gasteiger partial charge on any atom is -0.333 e. The first kappa shape index (κ1) is 33.2. The fourth-order valence-corrected chi connectivity index (χ4v) is 9.50. The molecule has 1 unspecified atom stereocenters. The Bertz CT molecular complexity index is 3180. The van der Waals surface area contributed by atoms with Crippen LogP contribution in [-0.4, -0.2) is 33.2 Å². The van der Waals surface area contributed by atoms with Crippen molar-refractivity contribution in [3.63, 3.8) is 0 Å². The lowest BCUT2D eigenvalue weighted by Gasteiger charge is -2.33. The zero-order valence-corrected chi connectivity index (χ0v) is 31.9. The van der Waals surface area contributed by atoms with Gasteiger partial charge in [-0.3, -0.25) is 4.98 Å². The smallest absolute Gasteiger partial charge is 0.159 e. The number of hydrogen-bond donors (Lipinski definition) is 0. The van der Waals surface area contributed by atoms with E-state index < -0.39 is 0 Å². The molecule has 0 fully saturated rings. The highest BCUT2D eigenvalue weighted by atomic mass is 32.1. The first-order chi connectivity index (χ1) is 28.2. The zero-order chi connectivity index (χ0) is 37.9. The van der Waals surface area contributed by atoms with Gasteiger partial charge in [0.2, 0.25) is 0 Å². The van der Waals surface area contributed by atoms with Crippen molar-refractivity contribution in [2.24, 2.45) is 9.98 Å². The number of fused-ring (bicyclic) bond motifs is 7. The number of benzene rings is 7. The third-order valence-electron chi connectivity index (χ3n) is 11.1. The predicted octanol–water partition coefficient (Wildman–Crippen LogP) is 12.7. The second-order valence-electron chi connectivity index (χ2n) is 14.5. The Labute approximate surface area is 334 Å². The van der Waals surface area contributed by atoms with E-state index in [0.29, 0.717) is 5.84 Å². The number of para-hydroxylation sites is 2. The van der Waals surface area contributed by atoms with Crippen LogP contribution in [-0.2, 0) is 0 Å². The van der Waals surface area contributed by atoms with Crippen molar-refractivity contribution in [1.29, 1.82) is 0 Å². The van der Waals surface area contributed by atoms with Gasteiger partial charge in [0.15, 0.2) is 5.84 Å². The Morgan fingerprint density at radius 3 is 1.96 bits per heavy atom. The van der Waals surface area contributed by atoms with Crippen molar-refractivity contribution in [2.75, 3.05) is 7.05 Å². The van der Waals surface area contributed by atoms with Gasteiger partial charge in [0.1, 0.15) is 12.0 Å². The van der Waals surface area contributed by atoms with E-state index in [-0.39, 0.29) is 6.17 Å². The van der Waals surface area contributed by atoms with Crippen molar-refractivity contribution < 1.29 is 0 Å². The number of pyridine rings is 1. The van der Waals surface area contributed by atoms with Crippen LogP contribution < -0.4 is 0 Å². The number of aliphatic imine (C=N–C) groups is 2. The van der Waals surface area contributed by atoms with Crippen LogP contribution in [0.5, 0.6) is 0 Å². The molecule has 5 nitrogen and oxygen atoms in total. The van der Waals surface area contributed by atoms with E-state index in [2.05, 4.69) is 168 Å². The lowest BCUT2D eigenvalue weighted by Crippen LogP contribution is -2.36. The molecule has 11 rings (SSSR count). The van der Waals surface area contributed by atoms with Crippen LogP contribution in [0.1, 0.15) is 22.9 Å². The Hall–Kier alpha value is -7.15. The van der Waals surface area contributed by atoms with Crippen molar-refractivity contribution in [3.8, 4) is 28.1 Å². The normalized spacial score (nSPS) is 14.4. The SMILES string of the molecule is CN1C(c2cc(-c3ccccc3)cnc2-c2ccc3sc4ccc5c(c6ccccc6n5-c5ccccc5)c4c3c2)=NC(c2ccccc2)=NC1c1ccccc1. The second-order valence-corrected chi connectivity index (χ2v) is 15.6. The van der Waals surface area contributed by atoms with Gasteiger partial charge in [-0.2, -0.15) is 0 Å². The molecule has 1 atom stereocenters. The van der Waals surface area contributed by atoms with Crippen LogP contribution in [0.3, 0.4) is 0 Å². The Kier molecular flexibility index (Phi) is 7.90. The molecule has 0 N–H and O–H groups in total. The second kappa shape index (κ2) is 13.6. The minimum absolute atomic E-state index is 0.277. The number of rotatable bonds is 6. The Morgan fingerprint density at radius 2 is 1.19 bits per heavy atom. The summed E-state index contributed by atoms with van der Waals surface area (Å²) in [5.74, 6) is 1.52. The van der Waals surface area contributed by atoms with Gasteiger partial charge in [-0.1, -0.05) is 133 Å². The quantitative estimate of drug-likeness (QED) is 0.170. The van der Waals surface area contributed by atoms with Crippen LogP contribution in [0, 0.1) is 0 Å². The molecule has 6 heteroatoms. The average molecular weight is 750 g/mol. The molecule has 270 valence electrons. The van der Waals surface area contributed by atoms with E-state index in [1.54, 1.807) is 0 Å². The van der Waals surface area contributed by atoms with Crippen LogP contribution in [0.2, 0.25) is 0 Å². The van der Waals surface area contributed by atoms with Crippen LogP contribution in [0.25, 0.3) is 70.0 Å². The van der Waals surface area contributed by atoms with Crippen molar-refractivity contribution in [2.45, 2.75) is 6.17 Å². The van der Waals surface area contributed by atoms with Crippen molar-refractivity contribution >= 4 is 65.0 Å². The van der Waals surface area contributed by atoms with E-state index in [4.69, 9.17) is 15.0 Å². The van der Waals surface area contributed by atoms with Gasteiger partial charge in [-0.15, -0.1) is 11.3 Å². The summed E-state index contributed by atoms with van der Waals surface area (Å²) in [7, 11) is 2.09. The maximum atomic E-state index is 5.36. The Morgan fingerprint density at radius 1 is 0.526 bits per heavy atom. The summed E-state index contributed by atoms with van der Waals surface area (Å²) in [4.78, 5) is 18.1. The highest BCUT2D eigenvalue weighted by Crippen LogP contribution is 2.45. The monoisotopic (exact) mass is 749 g/mol. The third kappa shape index (κ3) is 5.56. The summed E-state index contributed by atoms with van der Waals surface area (Å²) >= 11 is 1.84. The standard InChI is InChI=1S/C51H35N5S/c1-55-50(35-20-10-4-11-21-35)53-49(34-18-8-3-9-19-34)54-51(55)41-31-37(33-16-6-2-7-17-33)32-52-48(41)36-26-28-44-40(30-36)47-45(57-44)29-27-43-46(47)39-24-14-15-25-42(39)56(43)38-22-12-5-13-23-38/h2-32,50H,1H3. The van der Waals surface area contributed by atoms with E-state index in [9.17, 15) is 0 Å². The van der Waals surface area contributed by atoms with E-state index in [1.165, 1.54) is 42.0 Å². The summed E-state index contributed by atoms with van der Waals surface area (Å²) in [6, 6.07) is 64.3.